The normalized spacial score (nSPS) is 11.4. The van der Waals surface area contributed by atoms with Crippen molar-refractivity contribution < 1.29 is 9.90 Å². The van der Waals surface area contributed by atoms with Gasteiger partial charge in [-0.1, -0.05) is 29.3 Å². The molecule has 0 spiro atoms. The van der Waals surface area contributed by atoms with E-state index in [-0.39, 0.29) is 0 Å². The predicted octanol–water partition coefficient (Wildman–Crippen LogP) is 5.01. The molecule has 0 aliphatic heterocycles. The summed E-state index contributed by atoms with van der Waals surface area (Å²) >= 11 is 13.2. The Bertz CT molecular complexity index is 689. The number of thioether (sulfide) groups is 1. The lowest BCUT2D eigenvalue weighted by Gasteiger charge is -2.20. The molecule has 0 aliphatic rings. The molecule has 1 heterocycles. The van der Waals surface area contributed by atoms with Gasteiger partial charge >= 0.3 is 5.97 Å². The topological polar surface area (TPSA) is 50.2 Å². The predicted molar refractivity (Wildman–Crippen MR) is 87.3 cm³/mol. The Morgan fingerprint density at radius 2 is 1.95 bits per heavy atom. The van der Waals surface area contributed by atoms with Gasteiger partial charge in [-0.25, -0.2) is 0 Å². The summed E-state index contributed by atoms with van der Waals surface area (Å²) in [5.74, 6) is -0.871. The number of nitrogens with zero attached hydrogens (tertiary/aromatic N) is 1. The lowest BCUT2D eigenvalue weighted by atomic mass is 10.1. The number of carboxylic acid groups (broad SMARTS) is 1. The maximum Gasteiger partial charge on any atom is 0.319 e. The Kier molecular flexibility index (Phi) is 4.81. The minimum Gasteiger partial charge on any atom is -0.480 e. The molecule has 1 N–H and O–H groups in total. The minimum atomic E-state index is -0.938. The number of hydrogen-bond donors (Lipinski definition) is 1. The smallest absolute Gasteiger partial charge is 0.319 e. The number of rotatable bonds is 4. The Morgan fingerprint density at radius 1 is 1.24 bits per heavy atom. The van der Waals surface area contributed by atoms with E-state index in [1.807, 2.05) is 6.07 Å². The molecule has 0 bridgehead atoms. The van der Waals surface area contributed by atoms with E-state index in [1.165, 1.54) is 11.8 Å². The minimum absolute atomic E-state index is 0.450. The molecule has 0 unspecified atom stereocenters. The van der Waals surface area contributed by atoms with E-state index in [9.17, 15) is 9.90 Å². The van der Waals surface area contributed by atoms with Crippen LogP contribution in [0.1, 0.15) is 13.8 Å². The first-order valence-corrected chi connectivity index (χ1v) is 7.70. The van der Waals surface area contributed by atoms with Crippen molar-refractivity contribution in [3.05, 3.63) is 46.7 Å². The molecule has 3 nitrogen and oxygen atoms in total. The van der Waals surface area contributed by atoms with Gasteiger partial charge in [0, 0.05) is 22.9 Å². The van der Waals surface area contributed by atoms with Gasteiger partial charge in [0.15, 0.2) is 0 Å². The zero-order valence-electron chi connectivity index (χ0n) is 11.4. The number of aliphatic carboxylic acids is 1. The molecule has 21 heavy (non-hydrogen) atoms. The summed E-state index contributed by atoms with van der Waals surface area (Å²) in [6, 6.07) is 7.10. The van der Waals surface area contributed by atoms with Crippen molar-refractivity contribution in [1.82, 2.24) is 4.98 Å². The molecular formula is C15H13Cl2NO2S. The third-order valence-electron chi connectivity index (χ3n) is 2.89. The molecule has 2 rings (SSSR count). The third-order valence-corrected chi connectivity index (χ3v) is 4.89. The number of pyridine rings is 1. The van der Waals surface area contributed by atoms with Gasteiger partial charge in [0.05, 0.1) is 10.0 Å². The quantitative estimate of drug-likeness (QED) is 0.794. The third kappa shape index (κ3) is 3.70. The van der Waals surface area contributed by atoms with E-state index in [4.69, 9.17) is 23.2 Å². The van der Waals surface area contributed by atoms with Crippen molar-refractivity contribution in [2.24, 2.45) is 0 Å². The van der Waals surface area contributed by atoms with Crippen LogP contribution in [0.15, 0.2) is 41.6 Å². The van der Waals surface area contributed by atoms with E-state index in [0.29, 0.717) is 10.0 Å². The Hall–Kier alpha value is -1.23. The first-order valence-electron chi connectivity index (χ1n) is 6.13. The van der Waals surface area contributed by atoms with Crippen molar-refractivity contribution in [3.63, 3.8) is 0 Å². The number of carboxylic acids is 1. The molecule has 0 amide bonds. The van der Waals surface area contributed by atoms with E-state index in [1.54, 1.807) is 44.4 Å². The first-order chi connectivity index (χ1) is 9.81. The van der Waals surface area contributed by atoms with E-state index in [0.717, 1.165) is 16.0 Å². The van der Waals surface area contributed by atoms with Crippen LogP contribution in [0.2, 0.25) is 10.0 Å². The van der Waals surface area contributed by atoms with E-state index < -0.39 is 10.7 Å². The first kappa shape index (κ1) is 16.1. The van der Waals surface area contributed by atoms with Crippen molar-refractivity contribution >= 4 is 40.9 Å². The molecule has 0 atom stereocenters. The van der Waals surface area contributed by atoms with Crippen LogP contribution in [0, 0.1) is 0 Å². The van der Waals surface area contributed by atoms with Crippen molar-refractivity contribution in [2.75, 3.05) is 0 Å². The number of aromatic nitrogens is 1. The van der Waals surface area contributed by atoms with Gasteiger partial charge < -0.3 is 5.11 Å². The largest absolute Gasteiger partial charge is 0.480 e. The highest BCUT2D eigenvalue weighted by molar-refractivity contribution is 8.01. The summed E-state index contributed by atoms with van der Waals surface area (Å²) in [7, 11) is 0. The van der Waals surface area contributed by atoms with Gasteiger partial charge in [-0.15, -0.1) is 11.8 Å². The molecule has 0 saturated carbocycles. The standard InChI is InChI=1S/C15H13Cl2NO2S/c1-15(2,14(19)20)21-13-5-6-18-8-10(13)9-3-4-11(16)12(17)7-9/h3-8H,1-2H3,(H,19,20). The highest BCUT2D eigenvalue weighted by Crippen LogP contribution is 2.39. The van der Waals surface area contributed by atoms with Crippen molar-refractivity contribution in [3.8, 4) is 11.1 Å². The van der Waals surface area contributed by atoms with Crippen LogP contribution in [-0.2, 0) is 4.79 Å². The van der Waals surface area contributed by atoms with Crippen LogP contribution in [0.25, 0.3) is 11.1 Å². The fourth-order valence-electron chi connectivity index (χ4n) is 1.67. The summed E-state index contributed by atoms with van der Waals surface area (Å²) < 4.78 is -0.938. The Balaban J connectivity index is 2.46. The lowest BCUT2D eigenvalue weighted by molar-refractivity contribution is -0.138. The van der Waals surface area contributed by atoms with Gasteiger partial charge in [0.25, 0.3) is 0 Å². The molecule has 6 heteroatoms. The summed E-state index contributed by atoms with van der Waals surface area (Å²) in [4.78, 5) is 16.2. The fraction of sp³-hybridized carbons (Fsp3) is 0.200. The lowest BCUT2D eigenvalue weighted by Crippen LogP contribution is -2.27. The van der Waals surface area contributed by atoms with Crippen LogP contribution in [-0.4, -0.2) is 20.8 Å². The number of carbonyl (C=O) groups is 1. The zero-order chi connectivity index (χ0) is 15.6. The van der Waals surface area contributed by atoms with Gasteiger partial charge in [0.1, 0.15) is 4.75 Å². The second-order valence-electron chi connectivity index (χ2n) is 4.92. The van der Waals surface area contributed by atoms with Crippen LogP contribution < -0.4 is 0 Å². The van der Waals surface area contributed by atoms with E-state index in [2.05, 4.69) is 4.98 Å². The second kappa shape index (κ2) is 6.26. The van der Waals surface area contributed by atoms with Crippen molar-refractivity contribution in [2.45, 2.75) is 23.5 Å². The van der Waals surface area contributed by atoms with Crippen LogP contribution >= 0.6 is 35.0 Å². The van der Waals surface area contributed by atoms with Gasteiger partial charge in [-0.2, -0.15) is 0 Å². The number of halogens is 2. The molecular weight excluding hydrogens is 329 g/mol. The number of hydrogen-bond acceptors (Lipinski definition) is 3. The van der Waals surface area contributed by atoms with Crippen LogP contribution in [0.5, 0.6) is 0 Å². The van der Waals surface area contributed by atoms with Crippen molar-refractivity contribution in [1.29, 1.82) is 0 Å². The Morgan fingerprint density at radius 3 is 2.57 bits per heavy atom. The molecule has 0 radical (unpaired) electrons. The molecule has 0 saturated heterocycles. The SMILES string of the molecule is CC(C)(Sc1ccncc1-c1ccc(Cl)c(Cl)c1)C(=O)O. The highest BCUT2D eigenvalue weighted by Gasteiger charge is 2.29. The van der Waals surface area contributed by atoms with Gasteiger partial charge in [-0.3, -0.25) is 9.78 Å². The second-order valence-corrected chi connectivity index (χ2v) is 7.40. The maximum atomic E-state index is 11.3. The van der Waals surface area contributed by atoms with Crippen LogP contribution in [0.3, 0.4) is 0 Å². The zero-order valence-corrected chi connectivity index (χ0v) is 13.8. The average Bonchev–Trinajstić information content (AvgIpc) is 2.42. The fourth-order valence-corrected chi connectivity index (χ4v) is 3.01. The molecule has 0 fully saturated rings. The van der Waals surface area contributed by atoms with Crippen LogP contribution in [0.4, 0.5) is 0 Å². The Labute approximate surface area is 137 Å². The molecule has 110 valence electrons. The summed E-state index contributed by atoms with van der Waals surface area (Å²) in [5.41, 5.74) is 1.68. The molecule has 0 aliphatic carbocycles. The monoisotopic (exact) mass is 341 g/mol. The number of benzene rings is 1. The summed E-state index contributed by atoms with van der Waals surface area (Å²) in [6.07, 6.45) is 3.33. The highest BCUT2D eigenvalue weighted by atomic mass is 35.5. The maximum absolute atomic E-state index is 11.3. The van der Waals surface area contributed by atoms with Gasteiger partial charge in [0.2, 0.25) is 0 Å². The van der Waals surface area contributed by atoms with Gasteiger partial charge in [-0.05, 0) is 37.6 Å². The molecule has 1 aromatic heterocycles. The molecule has 1 aromatic carbocycles. The molecule has 2 aromatic rings. The van der Waals surface area contributed by atoms with E-state index >= 15 is 0 Å². The summed E-state index contributed by atoms with van der Waals surface area (Å²) in [5, 5.41) is 10.2. The average molecular weight is 342 g/mol. The summed E-state index contributed by atoms with van der Waals surface area (Å²) in [6.45, 7) is 3.33.